The number of terminal acetylenes is 1. The summed E-state index contributed by atoms with van der Waals surface area (Å²) >= 11 is 0. The molecule has 1 fully saturated rings. The molecule has 0 amide bonds. The third-order valence-corrected chi connectivity index (χ3v) is 3.14. The van der Waals surface area contributed by atoms with E-state index in [2.05, 4.69) is 11.2 Å². The molecule has 1 rings (SSSR count). The van der Waals surface area contributed by atoms with Crippen LogP contribution in [-0.2, 0) is 4.79 Å². The summed E-state index contributed by atoms with van der Waals surface area (Å²) in [5.41, 5.74) is -1.00. The summed E-state index contributed by atoms with van der Waals surface area (Å²) in [7, 11) is 0. The largest absolute Gasteiger partial charge is 0.480 e. The molecular formula is C10H15NO2. The Morgan fingerprint density at radius 2 is 2.23 bits per heavy atom. The maximum atomic E-state index is 11.1. The number of hydrogen-bond acceptors (Lipinski definition) is 2. The van der Waals surface area contributed by atoms with Crippen molar-refractivity contribution in [1.29, 1.82) is 0 Å². The van der Waals surface area contributed by atoms with Gasteiger partial charge >= 0.3 is 5.97 Å². The molecule has 0 spiro atoms. The van der Waals surface area contributed by atoms with E-state index >= 15 is 0 Å². The zero-order valence-electron chi connectivity index (χ0n) is 8.05. The van der Waals surface area contributed by atoms with Crippen LogP contribution in [0.1, 0.15) is 26.7 Å². The predicted octanol–water partition coefficient (Wildman–Crippen LogP) is 0.853. The van der Waals surface area contributed by atoms with Crippen molar-refractivity contribution < 1.29 is 9.90 Å². The summed E-state index contributed by atoms with van der Waals surface area (Å²) in [6.45, 7) is 4.22. The van der Waals surface area contributed by atoms with Gasteiger partial charge in [0.05, 0.1) is 6.54 Å². The van der Waals surface area contributed by atoms with E-state index < -0.39 is 11.5 Å². The predicted molar refractivity (Wildman–Crippen MR) is 50.2 cm³/mol. The van der Waals surface area contributed by atoms with Crippen LogP contribution in [0.5, 0.6) is 0 Å². The molecule has 1 atom stereocenters. The normalized spacial score (nSPS) is 30.2. The van der Waals surface area contributed by atoms with Crippen LogP contribution < -0.4 is 5.32 Å². The molecule has 2 N–H and O–H groups in total. The molecule has 1 aliphatic carbocycles. The Hall–Kier alpha value is -1.01. The Morgan fingerprint density at radius 3 is 2.46 bits per heavy atom. The van der Waals surface area contributed by atoms with E-state index in [9.17, 15) is 4.79 Å². The average molecular weight is 181 g/mol. The van der Waals surface area contributed by atoms with Gasteiger partial charge in [0.2, 0.25) is 0 Å². The second kappa shape index (κ2) is 3.04. The number of carboxylic acids is 1. The lowest BCUT2D eigenvalue weighted by Gasteiger charge is -2.53. The number of aliphatic carboxylic acids is 1. The van der Waals surface area contributed by atoms with Gasteiger partial charge in [0.1, 0.15) is 5.54 Å². The Bertz CT molecular complexity index is 265. The molecule has 72 valence electrons. The van der Waals surface area contributed by atoms with Crippen molar-refractivity contribution >= 4 is 5.97 Å². The summed E-state index contributed by atoms with van der Waals surface area (Å²) in [6, 6.07) is 0. The van der Waals surface area contributed by atoms with E-state index in [1.165, 1.54) is 0 Å². The molecule has 0 saturated heterocycles. The Labute approximate surface area is 78.5 Å². The van der Waals surface area contributed by atoms with Gasteiger partial charge in [-0.05, 0) is 18.3 Å². The van der Waals surface area contributed by atoms with Gasteiger partial charge in [-0.25, -0.2) is 0 Å². The lowest BCUT2D eigenvalue weighted by atomic mass is 9.56. The summed E-state index contributed by atoms with van der Waals surface area (Å²) in [5.74, 6) is 1.62. The molecule has 0 aromatic carbocycles. The fraction of sp³-hybridized carbons (Fsp3) is 0.700. The number of nitrogens with one attached hydrogen (secondary N) is 1. The monoisotopic (exact) mass is 181 g/mol. The van der Waals surface area contributed by atoms with Crippen LogP contribution in [0, 0.1) is 17.8 Å². The van der Waals surface area contributed by atoms with Gasteiger partial charge in [-0.15, -0.1) is 6.42 Å². The average Bonchev–Trinajstić information content (AvgIpc) is 2.03. The minimum atomic E-state index is -0.806. The SMILES string of the molecule is C#CCNC1(C(=O)O)CCC1(C)C. The van der Waals surface area contributed by atoms with Gasteiger partial charge in [-0.1, -0.05) is 19.8 Å². The van der Waals surface area contributed by atoms with Crippen LogP contribution in [0.4, 0.5) is 0 Å². The van der Waals surface area contributed by atoms with E-state index in [1.807, 2.05) is 13.8 Å². The van der Waals surface area contributed by atoms with Gasteiger partial charge in [0.25, 0.3) is 0 Å². The topological polar surface area (TPSA) is 49.3 Å². The number of carboxylic acid groups (broad SMARTS) is 1. The van der Waals surface area contributed by atoms with Crippen molar-refractivity contribution in [2.24, 2.45) is 5.41 Å². The molecule has 3 heteroatoms. The Kier molecular flexibility index (Phi) is 2.36. The van der Waals surface area contributed by atoms with E-state index in [-0.39, 0.29) is 5.41 Å². The highest BCUT2D eigenvalue weighted by Gasteiger charge is 2.58. The van der Waals surface area contributed by atoms with Gasteiger partial charge in [0, 0.05) is 0 Å². The van der Waals surface area contributed by atoms with Crippen molar-refractivity contribution in [2.45, 2.75) is 32.2 Å². The maximum absolute atomic E-state index is 11.1. The molecule has 0 bridgehead atoms. The second-order valence-electron chi connectivity index (χ2n) is 4.15. The molecular weight excluding hydrogens is 166 g/mol. The zero-order chi connectivity index (χ0) is 10.1. The molecule has 0 aromatic heterocycles. The molecule has 13 heavy (non-hydrogen) atoms. The molecule has 1 aliphatic rings. The third kappa shape index (κ3) is 1.31. The quantitative estimate of drug-likeness (QED) is 0.635. The van der Waals surface area contributed by atoms with Crippen molar-refractivity contribution in [1.82, 2.24) is 5.32 Å². The molecule has 3 nitrogen and oxygen atoms in total. The first-order valence-corrected chi connectivity index (χ1v) is 4.38. The molecule has 0 aliphatic heterocycles. The van der Waals surface area contributed by atoms with Crippen molar-refractivity contribution in [3.63, 3.8) is 0 Å². The third-order valence-electron chi connectivity index (χ3n) is 3.14. The fourth-order valence-corrected chi connectivity index (χ4v) is 1.88. The molecule has 1 unspecified atom stereocenters. The van der Waals surface area contributed by atoms with E-state index in [0.29, 0.717) is 13.0 Å². The van der Waals surface area contributed by atoms with E-state index in [4.69, 9.17) is 11.5 Å². The summed E-state index contributed by atoms with van der Waals surface area (Å²) < 4.78 is 0. The lowest BCUT2D eigenvalue weighted by molar-refractivity contribution is -0.159. The van der Waals surface area contributed by atoms with Crippen LogP contribution >= 0.6 is 0 Å². The first kappa shape index (κ1) is 10.1. The number of carbonyl (C=O) groups is 1. The van der Waals surface area contributed by atoms with E-state index in [1.54, 1.807) is 0 Å². The summed E-state index contributed by atoms with van der Waals surface area (Å²) in [5, 5.41) is 12.1. The second-order valence-corrected chi connectivity index (χ2v) is 4.15. The molecule has 0 radical (unpaired) electrons. The van der Waals surface area contributed by atoms with Gasteiger partial charge < -0.3 is 5.11 Å². The highest BCUT2D eigenvalue weighted by atomic mass is 16.4. The standard InChI is InChI=1S/C10H15NO2/c1-4-7-11-10(8(12)13)6-5-9(10,2)3/h1,11H,5-7H2,2-3H3,(H,12,13). The van der Waals surface area contributed by atoms with Crippen LogP contribution in [0.2, 0.25) is 0 Å². The van der Waals surface area contributed by atoms with Crippen molar-refractivity contribution in [3.05, 3.63) is 0 Å². The van der Waals surface area contributed by atoms with Gasteiger partial charge in [-0.2, -0.15) is 0 Å². The first-order valence-electron chi connectivity index (χ1n) is 4.38. The summed E-state index contributed by atoms with van der Waals surface area (Å²) in [6.07, 6.45) is 6.69. The summed E-state index contributed by atoms with van der Waals surface area (Å²) in [4.78, 5) is 11.1. The van der Waals surface area contributed by atoms with Crippen LogP contribution in [0.25, 0.3) is 0 Å². The fourth-order valence-electron chi connectivity index (χ4n) is 1.88. The van der Waals surface area contributed by atoms with Crippen molar-refractivity contribution in [2.75, 3.05) is 6.54 Å². The first-order chi connectivity index (χ1) is 5.96. The minimum Gasteiger partial charge on any atom is -0.480 e. The zero-order valence-corrected chi connectivity index (χ0v) is 8.05. The molecule has 1 saturated carbocycles. The number of rotatable bonds is 3. The highest BCUT2D eigenvalue weighted by Crippen LogP contribution is 2.49. The highest BCUT2D eigenvalue weighted by molar-refractivity contribution is 5.81. The number of hydrogen-bond donors (Lipinski definition) is 2. The van der Waals surface area contributed by atoms with Gasteiger partial charge in [-0.3, -0.25) is 10.1 Å². The van der Waals surface area contributed by atoms with Crippen LogP contribution in [-0.4, -0.2) is 23.2 Å². The minimum absolute atomic E-state index is 0.199. The van der Waals surface area contributed by atoms with E-state index in [0.717, 1.165) is 6.42 Å². The lowest BCUT2D eigenvalue weighted by Crippen LogP contribution is -2.68. The maximum Gasteiger partial charge on any atom is 0.324 e. The van der Waals surface area contributed by atoms with Gasteiger partial charge in [0.15, 0.2) is 0 Å². The molecule has 0 heterocycles. The Morgan fingerprint density at radius 1 is 1.62 bits per heavy atom. The van der Waals surface area contributed by atoms with Crippen molar-refractivity contribution in [3.8, 4) is 12.3 Å². The molecule has 0 aromatic rings. The smallest absolute Gasteiger partial charge is 0.324 e. The Balaban J connectivity index is 2.79. The van der Waals surface area contributed by atoms with Crippen LogP contribution in [0.3, 0.4) is 0 Å². The van der Waals surface area contributed by atoms with Crippen LogP contribution in [0.15, 0.2) is 0 Å².